The Morgan fingerprint density at radius 1 is 0.559 bits per heavy atom. The van der Waals surface area contributed by atoms with Gasteiger partial charge in [0.2, 0.25) is 0 Å². The number of carbonyl (C=O) groups excluding carboxylic acids is 3. The molecule has 6 nitrogen and oxygen atoms in total. The summed E-state index contributed by atoms with van der Waals surface area (Å²) in [6.45, 7) is 2.23. The van der Waals surface area contributed by atoms with Crippen LogP contribution in [0.25, 0.3) is 0 Å². The van der Waals surface area contributed by atoms with E-state index in [2.05, 4.69) is 0 Å². The number of epoxide rings is 3. The molecule has 3 atom stereocenters. The molecule has 3 saturated heterocycles. The van der Waals surface area contributed by atoms with Crippen LogP contribution in [0.3, 0.4) is 0 Å². The summed E-state index contributed by atoms with van der Waals surface area (Å²) in [6.07, 6.45) is 15.3. The zero-order valence-electron chi connectivity index (χ0n) is 19.1. The third kappa shape index (κ3) is 4.90. The van der Waals surface area contributed by atoms with Crippen molar-refractivity contribution in [2.45, 2.75) is 56.8 Å². The van der Waals surface area contributed by atoms with Crippen molar-refractivity contribution in [2.75, 3.05) is 19.8 Å². The molecule has 6 heteroatoms. The lowest BCUT2D eigenvalue weighted by Crippen LogP contribution is -2.29. The van der Waals surface area contributed by atoms with Crippen molar-refractivity contribution in [1.29, 1.82) is 0 Å². The van der Waals surface area contributed by atoms with Gasteiger partial charge in [0.25, 0.3) is 0 Å². The molecule has 3 aliphatic heterocycles. The normalized spacial score (nSPS) is 31.1. The average molecular weight is 461 g/mol. The molecule has 0 N–H and O–H groups in total. The number of allylic oxidation sites excluding steroid dienone is 9. The smallest absolute Gasteiger partial charge is 0.163 e. The predicted molar refractivity (Wildman–Crippen MR) is 124 cm³/mol. The van der Waals surface area contributed by atoms with Crippen molar-refractivity contribution in [3.8, 4) is 0 Å². The molecular weight excluding hydrogens is 432 g/mol. The lowest BCUT2D eigenvalue weighted by Gasteiger charge is -2.29. The molecule has 0 amide bonds. The van der Waals surface area contributed by atoms with Gasteiger partial charge in [-0.25, -0.2) is 0 Å². The average Bonchev–Trinajstić information content (AvgIpc) is 3.63. The molecule has 0 spiro atoms. The summed E-state index contributed by atoms with van der Waals surface area (Å²) >= 11 is 0. The minimum absolute atomic E-state index is 0.0205. The highest BCUT2D eigenvalue weighted by atomic mass is 16.6. The van der Waals surface area contributed by atoms with E-state index in [1.54, 1.807) is 0 Å². The zero-order valence-corrected chi connectivity index (χ0v) is 19.1. The fraction of sp³-hybridized carbons (Fsp3) is 0.464. The van der Waals surface area contributed by atoms with E-state index in [9.17, 15) is 14.4 Å². The first-order chi connectivity index (χ1) is 16.5. The Labute approximate surface area is 198 Å². The number of ether oxygens (including phenoxy) is 3. The standard InChI is InChI=1S/C28H28O6/c29-25-10-16(7-19-13-32-19)1-4-22(25)28(23-5-2-17(11-26(23)30)8-20-14-33-20)24-6-3-18(12-27(24)31)9-21-15-34-21/h1-6,19-21,28H,7-15H2. The highest BCUT2D eigenvalue weighted by Gasteiger charge is 2.38. The number of carbonyl (C=O) groups is 3. The van der Waals surface area contributed by atoms with Crippen molar-refractivity contribution in [1.82, 2.24) is 0 Å². The Hall–Kier alpha value is -2.67. The summed E-state index contributed by atoms with van der Waals surface area (Å²) in [5.74, 6) is -0.694. The van der Waals surface area contributed by atoms with E-state index in [0.717, 1.165) is 55.8 Å². The van der Waals surface area contributed by atoms with Gasteiger partial charge in [0, 0.05) is 41.9 Å². The summed E-state index contributed by atoms with van der Waals surface area (Å²) < 4.78 is 15.9. The largest absolute Gasteiger partial charge is 0.373 e. The van der Waals surface area contributed by atoms with Gasteiger partial charge in [0.05, 0.1) is 38.1 Å². The van der Waals surface area contributed by atoms with Crippen molar-refractivity contribution < 1.29 is 28.6 Å². The predicted octanol–water partition coefficient (Wildman–Crippen LogP) is 3.45. The minimum atomic E-state index is -0.632. The molecule has 176 valence electrons. The van der Waals surface area contributed by atoms with Crippen LogP contribution in [0.15, 0.2) is 69.9 Å². The van der Waals surface area contributed by atoms with E-state index >= 15 is 0 Å². The summed E-state index contributed by atoms with van der Waals surface area (Å²) in [5.41, 5.74) is 4.72. The molecule has 0 radical (unpaired) electrons. The van der Waals surface area contributed by atoms with Crippen LogP contribution in [0, 0.1) is 5.92 Å². The van der Waals surface area contributed by atoms with Crippen LogP contribution in [-0.4, -0.2) is 55.5 Å². The van der Waals surface area contributed by atoms with Crippen LogP contribution in [0.4, 0.5) is 0 Å². The molecule has 0 aromatic carbocycles. The Morgan fingerprint density at radius 3 is 1.09 bits per heavy atom. The van der Waals surface area contributed by atoms with Crippen molar-refractivity contribution >= 4 is 17.3 Å². The van der Waals surface area contributed by atoms with E-state index in [-0.39, 0.29) is 35.7 Å². The number of ketones is 3. The Kier molecular flexibility index (Phi) is 5.68. The van der Waals surface area contributed by atoms with Gasteiger partial charge >= 0.3 is 0 Å². The molecule has 3 fully saturated rings. The maximum atomic E-state index is 13.3. The number of hydrogen-bond acceptors (Lipinski definition) is 6. The number of hydrogen-bond donors (Lipinski definition) is 0. The highest BCUT2D eigenvalue weighted by molar-refractivity contribution is 6.10. The van der Waals surface area contributed by atoms with Gasteiger partial charge in [-0.15, -0.1) is 0 Å². The summed E-state index contributed by atoms with van der Waals surface area (Å²) in [4.78, 5) is 39.9. The van der Waals surface area contributed by atoms with E-state index in [0.29, 0.717) is 36.0 Å². The summed E-state index contributed by atoms with van der Waals surface area (Å²) in [7, 11) is 0. The fourth-order valence-electron chi connectivity index (χ4n) is 5.13. The van der Waals surface area contributed by atoms with E-state index < -0.39 is 5.92 Å². The van der Waals surface area contributed by atoms with Crippen LogP contribution in [0.5, 0.6) is 0 Å². The SMILES string of the molecule is O=C1CC(CC2CO2)=CC=C1C(C1=CC=C(CC2CO2)CC1=O)C1=CC=C(CC2CO2)CC1=O. The second-order valence-electron chi connectivity index (χ2n) is 10.1. The molecule has 34 heavy (non-hydrogen) atoms. The molecule has 3 unspecified atom stereocenters. The first kappa shape index (κ1) is 21.8. The Balaban J connectivity index is 1.34. The van der Waals surface area contributed by atoms with Gasteiger partial charge in [-0.05, 0) is 19.3 Å². The molecule has 0 bridgehead atoms. The van der Waals surface area contributed by atoms with Gasteiger partial charge in [-0.3, -0.25) is 14.4 Å². The molecule has 0 aromatic rings. The molecule has 0 saturated carbocycles. The van der Waals surface area contributed by atoms with Gasteiger partial charge < -0.3 is 14.2 Å². The van der Waals surface area contributed by atoms with Crippen molar-refractivity contribution in [3.63, 3.8) is 0 Å². The minimum Gasteiger partial charge on any atom is -0.373 e. The number of rotatable bonds is 9. The lowest BCUT2D eigenvalue weighted by atomic mass is 9.72. The quantitative estimate of drug-likeness (QED) is 0.490. The first-order valence-corrected chi connectivity index (χ1v) is 12.2. The molecular formula is C28H28O6. The molecule has 0 aromatic heterocycles. The molecule has 3 heterocycles. The van der Waals surface area contributed by atoms with Crippen molar-refractivity contribution in [2.24, 2.45) is 5.92 Å². The lowest BCUT2D eigenvalue weighted by molar-refractivity contribution is -0.116. The van der Waals surface area contributed by atoms with Crippen molar-refractivity contribution in [3.05, 3.63) is 69.9 Å². The van der Waals surface area contributed by atoms with Crippen LogP contribution in [0.1, 0.15) is 38.5 Å². The molecule has 3 aliphatic carbocycles. The van der Waals surface area contributed by atoms with Gasteiger partial charge in [0.1, 0.15) is 0 Å². The highest BCUT2D eigenvalue weighted by Crippen LogP contribution is 2.40. The van der Waals surface area contributed by atoms with E-state index in [1.807, 2.05) is 36.5 Å². The second kappa shape index (κ2) is 8.84. The van der Waals surface area contributed by atoms with E-state index in [4.69, 9.17) is 14.2 Å². The van der Waals surface area contributed by atoms with Gasteiger partial charge in [0.15, 0.2) is 17.3 Å². The first-order valence-electron chi connectivity index (χ1n) is 12.2. The zero-order chi connectivity index (χ0) is 23.2. The third-order valence-corrected chi connectivity index (χ3v) is 7.23. The Morgan fingerprint density at radius 2 is 0.853 bits per heavy atom. The third-order valence-electron chi connectivity index (χ3n) is 7.23. The topological polar surface area (TPSA) is 88.8 Å². The second-order valence-corrected chi connectivity index (χ2v) is 10.1. The fourth-order valence-corrected chi connectivity index (χ4v) is 5.13. The summed E-state index contributed by atoms with van der Waals surface area (Å²) in [5, 5.41) is 0. The maximum Gasteiger partial charge on any atom is 0.163 e. The maximum absolute atomic E-state index is 13.3. The van der Waals surface area contributed by atoms with Crippen LogP contribution < -0.4 is 0 Å². The number of Topliss-reactive ketones (excluding diaryl/α,β-unsaturated/α-hetero) is 3. The van der Waals surface area contributed by atoms with Gasteiger partial charge in [-0.1, -0.05) is 53.2 Å². The van der Waals surface area contributed by atoms with Gasteiger partial charge in [-0.2, -0.15) is 0 Å². The molecule has 6 rings (SSSR count). The monoisotopic (exact) mass is 460 g/mol. The van der Waals surface area contributed by atoms with Crippen LogP contribution in [-0.2, 0) is 28.6 Å². The van der Waals surface area contributed by atoms with Crippen LogP contribution in [0.2, 0.25) is 0 Å². The summed E-state index contributed by atoms with van der Waals surface area (Å²) in [6, 6.07) is 0. The molecule has 6 aliphatic rings. The Bertz CT molecular complexity index is 989. The van der Waals surface area contributed by atoms with Crippen LogP contribution >= 0.6 is 0 Å². The van der Waals surface area contributed by atoms with E-state index in [1.165, 1.54) is 0 Å².